The molecule has 0 aliphatic carbocycles. The zero-order valence-electron chi connectivity index (χ0n) is 15.0. The van der Waals surface area contributed by atoms with Crippen molar-refractivity contribution in [2.24, 2.45) is 5.10 Å². The summed E-state index contributed by atoms with van der Waals surface area (Å²) in [6.45, 7) is 3.22. The van der Waals surface area contributed by atoms with Crippen molar-refractivity contribution in [2.75, 3.05) is 0 Å². The number of ether oxygens (including phenoxy) is 1. The lowest BCUT2D eigenvalue weighted by atomic mass is 10.0. The third kappa shape index (κ3) is 4.28. The molecule has 3 rings (SSSR count). The fraction of sp³-hybridized carbons (Fsp3) is 0.250. The molecule has 0 fully saturated rings. The summed E-state index contributed by atoms with van der Waals surface area (Å²) in [7, 11) is 0. The smallest absolute Gasteiger partial charge is 0.331 e. The Balaban J connectivity index is 1.86. The molecule has 0 saturated carbocycles. The third-order valence-corrected chi connectivity index (χ3v) is 4.38. The van der Waals surface area contributed by atoms with Crippen molar-refractivity contribution in [1.29, 1.82) is 0 Å². The van der Waals surface area contributed by atoms with E-state index in [0.29, 0.717) is 17.2 Å². The standard InChI is InChI=1S/C20H19ClN2O4/c1-3-5-19(24)27-13(2)20(25)23-17(18-6-4-11-26-18)12-16(22-23)14-7-9-15(21)10-8-14/h3-11,13,17H,12H2,1-2H3/b5-3+/t13-,17+/m0/s1. The van der Waals surface area contributed by atoms with Crippen molar-refractivity contribution < 1.29 is 18.7 Å². The number of allylic oxidation sites excluding steroid dienone is 1. The Morgan fingerprint density at radius 2 is 2.07 bits per heavy atom. The molecule has 2 heterocycles. The molecule has 0 spiro atoms. The van der Waals surface area contributed by atoms with Crippen LogP contribution in [0.25, 0.3) is 0 Å². The fourth-order valence-corrected chi connectivity index (χ4v) is 2.95. The molecule has 0 bridgehead atoms. The van der Waals surface area contributed by atoms with Crippen LogP contribution < -0.4 is 0 Å². The van der Waals surface area contributed by atoms with Gasteiger partial charge >= 0.3 is 5.97 Å². The molecule has 7 heteroatoms. The van der Waals surface area contributed by atoms with E-state index in [0.717, 1.165) is 11.3 Å². The monoisotopic (exact) mass is 386 g/mol. The number of nitrogens with zero attached hydrogens (tertiary/aromatic N) is 2. The molecule has 27 heavy (non-hydrogen) atoms. The van der Waals surface area contributed by atoms with E-state index in [1.54, 1.807) is 43.5 Å². The molecule has 1 aromatic carbocycles. The summed E-state index contributed by atoms with van der Waals surface area (Å²) in [6, 6.07) is 10.4. The van der Waals surface area contributed by atoms with Crippen molar-refractivity contribution in [1.82, 2.24) is 5.01 Å². The van der Waals surface area contributed by atoms with Gasteiger partial charge in [-0.15, -0.1) is 0 Å². The Morgan fingerprint density at radius 3 is 2.70 bits per heavy atom. The number of benzene rings is 1. The normalized spacial score (nSPS) is 17.8. The maximum absolute atomic E-state index is 12.9. The first-order chi connectivity index (χ1) is 13.0. The average molecular weight is 387 g/mol. The zero-order chi connectivity index (χ0) is 19.4. The van der Waals surface area contributed by atoms with E-state index in [9.17, 15) is 9.59 Å². The minimum Gasteiger partial charge on any atom is -0.467 e. The van der Waals surface area contributed by atoms with Crippen LogP contribution in [0.15, 0.2) is 64.3 Å². The predicted molar refractivity (Wildman–Crippen MR) is 101 cm³/mol. The van der Waals surface area contributed by atoms with Gasteiger partial charge in [0.05, 0.1) is 12.0 Å². The van der Waals surface area contributed by atoms with Crippen LogP contribution >= 0.6 is 11.6 Å². The first-order valence-corrected chi connectivity index (χ1v) is 8.90. The third-order valence-electron chi connectivity index (χ3n) is 4.13. The topological polar surface area (TPSA) is 72.1 Å². The molecule has 1 aromatic heterocycles. The Kier molecular flexibility index (Phi) is 5.76. The highest BCUT2D eigenvalue weighted by molar-refractivity contribution is 6.30. The van der Waals surface area contributed by atoms with Crippen molar-refractivity contribution in [3.8, 4) is 0 Å². The molecule has 6 nitrogen and oxygen atoms in total. The van der Waals surface area contributed by atoms with Gasteiger partial charge in [-0.1, -0.05) is 29.8 Å². The van der Waals surface area contributed by atoms with E-state index in [4.69, 9.17) is 20.8 Å². The highest BCUT2D eigenvalue weighted by Crippen LogP contribution is 2.33. The Labute approximate surface area is 162 Å². The minimum absolute atomic E-state index is 0.402. The van der Waals surface area contributed by atoms with Crippen LogP contribution in [0, 0.1) is 0 Å². The van der Waals surface area contributed by atoms with Gasteiger partial charge in [0.2, 0.25) is 0 Å². The van der Waals surface area contributed by atoms with Crippen LogP contribution in [-0.4, -0.2) is 28.7 Å². The van der Waals surface area contributed by atoms with Crippen molar-refractivity contribution in [3.63, 3.8) is 0 Å². The van der Waals surface area contributed by atoms with Crippen molar-refractivity contribution >= 4 is 29.2 Å². The van der Waals surface area contributed by atoms with Gasteiger partial charge in [0.15, 0.2) is 6.10 Å². The van der Waals surface area contributed by atoms with Crippen LogP contribution in [0.5, 0.6) is 0 Å². The fourth-order valence-electron chi connectivity index (χ4n) is 2.82. The molecule has 2 atom stereocenters. The highest BCUT2D eigenvalue weighted by atomic mass is 35.5. The number of hydrogen-bond donors (Lipinski definition) is 0. The van der Waals surface area contributed by atoms with Crippen LogP contribution in [-0.2, 0) is 14.3 Å². The van der Waals surface area contributed by atoms with E-state index >= 15 is 0 Å². The largest absolute Gasteiger partial charge is 0.467 e. The van der Waals surface area contributed by atoms with Crippen LogP contribution in [0.4, 0.5) is 0 Å². The molecule has 2 aromatic rings. The average Bonchev–Trinajstić information content (AvgIpc) is 3.31. The van der Waals surface area contributed by atoms with Gasteiger partial charge < -0.3 is 9.15 Å². The maximum Gasteiger partial charge on any atom is 0.331 e. The number of furan rings is 1. The van der Waals surface area contributed by atoms with E-state index < -0.39 is 24.0 Å². The molecule has 0 N–H and O–H groups in total. The SMILES string of the molecule is C/C=C/C(=O)O[C@@H](C)C(=O)N1N=C(c2ccc(Cl)cc2)C[C@@H]1c1ccco1. The first-order valence-electron chi connectivity index (χ1n) is 8.52. The lowest BCUT2D eigenvalue weighted by molar-refractivity contribution is -0.156. The van der Waals surface area contributed by atoms with Gasteiger partial charge in [-0.3, -0.25) is 4.79 Å². The Morgan fingerprint density at radius 1 is 1.33 bits per heavy atom. The predicted octanol–water partition coefficient (Wildman–Crippen LogP) is 4.12. The highest BCUT2D eigenvalue weighted by Gasteiger charge is 2.37. The molecule has 0 saturated heterocycles. The molecule has 1 aliphatic heterocycles. The Hall–Kier alpha value is -2.86. The number of esters is 1. The summed E-state index contributed by atoms with van der Waals surface area (Å²) in [5, 5.41) is 6.44. The number of halogens is 1. The van der Waals surface area contributed by atoms with E-state index in [1.165, 1.54) is 18.0 Å². The number of carbonyl (C=O) groups excluding carboxylic acids is 2. The van der Waals surface area contributed by atoms with Crippen molar-refractivity contribution in [2.45, 2.75) is 32.4 Å². The summed E-state index contributed by atoms with van der Waals surface area (Å²) < 4.78 is 10.6. The zero-order valence-corrected chi connectivity index (χ0v) is 15.7. The quantitative estimate of drug-likeness (QED) is 0.572. The maximum atomic E-state index is 12.9. The molecular weight excluding hydrogens is 368 g/mol. The minimum atomic E-state index is -0.973. The number of hydrogen-bond acceptors (Lipinski definition) is 5. The van der Waals surface area contributed by atoms with Gasteiger partial charge in [0.25, 0.3) is 5.91 Å². The van der Waals surface area contributed by atoms with Crippen molar-refractivity contribution in [3.05, 3.63) is 71.2 Å². The van der Waals surface area contributed by atoms with Crippen LogP contribution in [0.2, 0.25) is 5.02 Å². The second-order valence-corrected chi connectivity index (χ2v) is 6.49. The van der Waals surface area contributed by atoms with Crippen LogP contribution in [0.1, 0.15) is 37.6 Å². The van der Waals surface area contributed by atoms with Gasteiger partial charge in [-0.05, 0) is 43.7 Å². The Bertz CT molecular complexity index is 872. The first kappa shape index (κ1) is 18.9. The summed E-state index contributed by atoms with van der Waals surface area (Å²) in [5.74, 6) is -0.379. The lowest BCUT2D eigenvalue weighted by Gasteiger charge is -2.22. The molecular formula is C20H19ClN2O4. The lowest BCUT2D eigenvalue weighted by Crippen LogP contribution is -2.37. The van der Waals surface area contributed by atoms with E-state index in [1.807, 2.05) is 12.1 Å². The molecule has 140 valence electrons. The summed E-state index contributed by atoms with van der Waals surface area (Å²) >= 11 is 5.95. The summed E-state index contributed by atoms with van der Waals surface area (Å²) in [4.78, 5) is 24.5. The molecule has 0 unspecified atom stereocenters. The molecule has 1 amide bonds. The number of amides is 1. The van der Waals surface area contributed by atoms with Crippen LogP contribution in [0.3, 0.4) is 0 Å². The number of rotatable bonds is 5. The van der Waals surface area contributed by atoms with Gasteiger partial charge in [-0.2, -0.15) is 5.10 Å². The van der Waals surface area contributed by atoms with E-state index in [-0.39, 0.29) is 0 Å². The van der Waals surface area contributed by atoms with Gasteiger partial charge in [0, 0.05) is 17.5 Å². The van der Waals surface area contributed by atoms with Gasteiger partial charge in [0.1, 0.15) is 11.8 Å². The summed E-state index contributed by atoms with van der Waals surface area (Å²) in [6.07, 6.45) is 3.88. The van der Waals surface area contributed by atoms with E-state index in [2.05, 4.69) is 5.10 Å². The number of carbonyl (C=O) groups is 2. The molecule has 0 radical (unpaired) electrons. The second-order valence-electron chi connectivity index (χ2n) is 6.05. The summed E-state index contributed by atoms with van der Waals surface area (Å²) in [5.41, 5.74) is 1.60. The van der Waals surface area contributed by atoms with Gasteiger partial charge in [-0.25, -0.2) is 9.80 Å². The second kappa shape index (κ2) is 8.22. The molecule has 1 aliphatic rings. The number of hydrazone groups is 1.